The highest BCUT2D eigenvalue weighted by atomic mass is 32.2. The number of aromatic nitrogens is 2. The molecule has 34 heavy (non-hydrogen) atoms. The Morgan fingerprint density at radius 1 is 1.15 bits per heavy atom. The van der Waals surface area contributed by atoms with E-state index in [-0.39, 0.29) is 33.3 Å². The lowest BCUT2D eigenvalue weighted by atomic mass is 10.0. The molecule has 0 aliphatic rings. The third-order valence-corrected chi connectivity index (χ3v) is 6.10. The number of nitrogens with one attached hydrogen (secondary N) is 2. The Morgan fingerprint density at radius 3 is 2.32 bits per heavy atom. The van der Waals surface area contributed by atoms with Crippen molar-refractivity contribution < 1.29 is 35.6 Å². The van der Waals surface area contributed by atoms with Gasteiger partial charge in [0.1, 0.15) is 10.6 Å². The number of nitrogens with zero attached hydrogens (tertiary/aromatic N) is 1. The molecule has 1 aromatic carbocycles. The van der Waals surface area contributed by atoms with Gasteiger partial charge in [0.25, 0.3) is 0 Å². The fourth-order valence-corrected chi connectivity index (χ4v) is 4.56. The van der Waals surface area contributed by atoms with Crippen LogP contribution >= 0.6 is 0 Å². The summed E-state index contributed by atoms with van der Waals surface area (Å²) in [5.74, 6) is -3.94. The van der Waals surface area contributed by atoms with Crippen LogP contribution in [0.25, 0.3) is 11.3 Å². The first-order valence-electron chi connectivity index (χ1n) is 9.41. The molecule has 0 spiro atoms. The minimum atomic E-state index is -4.86. The Balaban J connectivity index is 2.33. The molecular formula is C21H18F5N3O4S. The van der Waals surface area contributed by atoms with Crippen LogP contribution in [0.2, 0.25) is 0 Å². The Hall–Kier alpha value is -3.48. The van der Waals surface area contributed by atoms with E-state index in [2.05, 4.69) is 9.97 Å². The SMILES string of the molecule is COc1c(Oc2cnc(C(F)(F)F)c(C)c2-c2cc(=O)c([S@](C)(=N)=O)c(C)[nH]2)ccc(F)c1F. The zero-order chi connectivity index (χ0) is 25.6. The number of aromatic amines is 1. The Kier molecular flexibility index (Phi) is 6.44. The van der Waals surface area contributed by atoms with Crippen LogP contribution in [-0.2, 0) is 15.9 Å². The average molecular weight is 503 g/mol. The minimum absolute atomic E-state index is 0.00567. The van der Waals surface area contributed by atoms with E-state index < -0.39 is 50.0 Å². The van der Waals surface area contributed by atoms with Crippen molar-refractivity contribution in [2.75, 3.05) is 13.4 Å². The quantitative estimate of drug-likeness (QED) is 0.467. The molecule has 0 fully saturated rings. The molecule has 13 heteroatoms. The molecule has 0 aliphatic carbocycles. The highest BCUT2D eigenvalue weighted by Gasteiger charge is 2.36. The number of alkyl halides is 3. The summed E-state index contributed by atoms with van der Waals surface area (Å²) < 4.78 is 98.6. The zero-order valence-corrected chi connectivity index (χ0v) is 19.0. The molecule has 0 saturated heterocycles. The number of H-pyrrole nitrogens is 1. The van der Waals surface area contributed by atoms with Crippen LogP contribution in [0.1, 0.15) is 17.0 Å². The summed E-state index contributed by atoms with van der Waals surface area (Å²) in [4.78, 5) is 18.4. The van der Waals surface area contributed by atoms with Crippen LogP contribution in [0.15, 0.2) is 34.1 Å². The summed E-state index contributed by atoms with van der Waals surface area (Å²) in [6.07, 6.45) is -3.10. The summed E-state index contributed by atoms with van der Waals surface area (Å²) in [5, 5.41) is 0. The summed E-state index contributed by atoms with van der Waals surface area (Å²) in [7, 11) is -2.40. The van der Waals surface area contributed by atoms with Crippen molar-refractivity contribution in [2.24, 2.45) is 0 Å². The molecule has 182 valence electrons. The molecule has 3 aromatic rings. The average Bonchev–Trinajstić information content (AvgIpc) is 2.68. The molecule has 7 nitrogen and oxygen atoms in total. The van der Waals surface area contributed by atoms with Crippen molar-refractivity contribution >= 4 is 9.73 Å². The van der Waals surface area contributed by atoms with Gasteiger partial charge in [-0.3, -0.25) is 4.79 Å². The van der Waals surface area contributed by atoms with Crippen LogP contribution in [0.4, 0.5) is 22.0 Å². The molecule has 3 rings (SSSR count). The van der Waals surface area contributed by atoms with Gasteiger partial charge >= 0.3 is 6.18 Å². The van der Waals surface area contributed by atoms with Crippen LogP contribution in [0, 0.1) is 30.3 Å². The maximum absolute atomic E-state index is 14.1. The molecule has 0 radical (unpaired) electrons. The second kappa shape index (κ2) is 8.70. The maximum atomic E-state index is 14.1. The lowest BCUT2D eigenvalue weighted by molar-refractivity contribution is -0.141. The van der Waals surface area contributed by atoms with E-state index in [4.69, 9.17) is 14.3 Å². The maximum Gasteiger partial charge on any atom is 0.433 e. The van der Waals surface area contributed by atoms with Gasteiger partial charge < -0.3 is 14.5 Å². The first kappa shape index (κ1) is 25.1. The number of benzene rings is 1. The highest BCUT2D eigenvalue weighted by Crippen LogP contribution is 2.42. The topological polar surface area (TPSA) is 105 Å². The third kappa shape index (κ3) is 4.60. The second-order valence-electron chi connectivity index (χ2n) is 7.31. The van der Waals surface area contributed by atoms with Gasteiger partial charge in [-0.15, -0.1) is 0 Å². The normalized spacial score (nSPS) is 13.4. The van der Waals surface area contributed by atoms with Gasteiger partial charge in [-0.2, -0.15) is 17.6 Å². The standard InChI is InChI=1S/C21H18F5N3O4S/c1-9-16(12-7-13(30)19(10(2)29-12)34(4,27)31)15(8-28-20(9)21(24,25)26)33-14-6-5-11(22)17(23)18(14)32-3/h5-8,27H,1-4H3,(H,29,30)/t34-/m1/s1. The predicted molar refractivity (Wildman–Crippen MR) is 113 cm³/mol. The molecule has 0 amide bonds. The van der Waals surface area contributed by atoms with E-state index >= 15 is 0 Å². The summed E-state index contributed by atoms with van der Waals surface area (Å²) in [6.45, 7) is 2.44. The second-order valence-corrected chi connectivity index (χ2v) is 9.40. The Morgan fingerprint density at radius 2 is 1.79 bits per heavy atom. The van der Waals surface area contributed by atoms with Gasteiger partial charge in [0.15, 0.2) is 22.7 Å². The van der Waals surface area contributed by atoms with Crippen molar-refractivity contribution in [3.8, 4) is 28.5 Å². The van der Waals surface area contributed by atoms with Crippen LogP contribution < -0.4 is 14.9 Å². The van der Waals surface area contributed by atoms with Crippen molar-refractivity contribution in [1.29, 1.82) is 4.78 Å². The molecule has 2 aromatic heterocycles. The van der Waals surface area contributed by atoms with E-state index in [0.717, 1.165) is 44.7 Å². The third-order valence-electron chi connectivity index (χ3n) is 4.81. The monoisotopic (exact) mass is 503 g/mol. The minimum Gasteiger partial charge on any atom is -0.490 e. The van der Waals surface area contributed by atoms with E-state index in [1.165, 1.54) is 6.92 Å². The van der Waals surface area contributed by atoms with Crippen molar-refractivity contribution in [1.82, 2.24) is 9.97 Å². The van der Waals surface area contributed by atoms with Gasteiger partial charge in [-0.05, 0) is 31.5 Å². The van der Waals surface area contributed by atoms with Gasteiger partial charge in [0.05, 0.1) is 28.7 Å². The number of aryl methyl sites for hydroxylation is 1. The smallest absolute Gasteiger partial charge is 0.433 e. The molecule has 1 atom stereocenters. The van der Waals surface area contributed by atoms with Crippen molar-refractivity contribution in [3.63, 3.8) is 0 Å². The van der Waals surface area contributed by atoms with Crippen LogP contribution in [-0.4, -0.2) is 27.5 Å². The van der Waals surface area contributed by atoms with Gasteiger partial charge in [-0.25, -0.2) is 18.4 Å². The van der Waals surface area contributed by atoms with E-state index in [1.54, 1.807) is 0 Å². The number of hydrogen-bond donors (Lipinski definition) is 2. The van der Waals surface area contributed by atoms with E-state index in [1.807, 2.05) is 0 Å². The zero-order valence-electron chi connectivity index (χ0n) is 18.2. The number of methoxy groups -OCH3 is 1. The summed E-state index contributed by atoms with van der Waals surface area (Å²) >= 11 is 0. The van der Waals surface area contributed by atoms with Crippen LogP contribution in [0.3, 0.4) is 0 Å². The molecule has 2 N–H and O–H groups in total. The number of hydrogen-bond acceptors (Lipinski definition) is 6. The summed E-state index contributed by atoms with van der Waals surface area (Å²) in [5.41, 5.74) is -2.95. The number of ether oxygens (including phenoxy) is 2. The predicted octanol–water partition coefficient (Wildman–Crippen LogP) is 5.19. The van der Waals surface area contributed by atoms with Gasteiger partial charge in [0.2, 0.25) is 11.6 Å². The Bertz CT molecular complexity index is 1450. The van der Waals surface area contributed by atoms with E-state index in [9.17, 15) is 31.0 Å². The molecule has 0 unspecified atom stereocenters. The Labute approximate surface area is 190 Å². The van der Waals surface area contributed by atoms with Crippen molar-refractivity contribution in [3.05, 3.63) is 63.2 Å². The molecule has 0 aliphatic heterocycles. The lowest BCUT2D eigenvalue weighted by Crippen LogP contribution is -2.17. The first-order valence-corrected chi connectivity index (χ1v) is 11.4. The largest absolute Gasteiger partial charge is 0.490 e. The number of pyridine rings is 2. The fraction of sp³-hybridized carbons (Fsp3) is 0.238. The van der Waals surface area contributed by atoms with Crippen LogP contribution in [0.5, 0.6) is 17.2 Å². The summed E-state index contributed by atoms with van der Waals surface area (Å²) in [6, 6.07) is 2.64. The highest BCUT2D eigenvalue weighted by molar-refractivity contribution is 7.91. The van der Waals surface area contributed by atoms with E-state index in [0.29, 0.717) is 0 Å². The molecule has 0 bridgehead atoms. The lowest BCUT2D eigenvalue weighted by Gasteiger charge is -2.19. The van der Waals surface area contributed by atoms with Gasteiger partial charge in [-0.1, -0.05) is 0 Å². The molecular weight excluding hydrogens is 485 g/mol. The number of rotatable bonds is 5. The van der Waals surface area contributed by atoms with Gasteiger partial charge in [0, 0.05) is 23.6 Å². The van der Waals surface area contributed by atoms with Crippen molar-refractivity contribution in [2.45, 2.75) is 24.9 Å². The molecule has 2 heterocycles. The number of halogens is 5. The first-order chi connectivity index (χ1) is 15.7. The fourth-order valence-electron chi connectivity index (χ4n) is 3.48. The molecule has 0 saturated carbocycles.